The predicted octanol–water partition coefficient (Wildman–Crippen LogP) is 3.27. The summed E-state index contributed by atoms with van der Waals surface area (Å²) in [5.74, 6) is -0.846. The van der Waals surface area contributed by atoms with E-state index in [2.05, 4.69) is 9.97 Å². The fourth-order valence-electron chi connectivity index (χ4n) is 2.78. The Morgan fingerprint density at radius 3 is 2.75 bits per heavy atom. The maximum atomic E-state index is 13.8. The minimum Gasteiger partial charge on any atom is -0.294 e. The number of fused-ring (bicyclic) bond motifs is 2. The van der Waals surface area contributed by atoms with Gasteiger partial charge in [-0.1, -0.05) is 6.07 Å². The molecule has 0 unspecified atom stereocenters. The van der Waals surface area contributed by atoms with Crippen molar-refractivity contribution in [2.45, 2.75) is 6.54 Å². The lowest BCUT2D eigenvalue weighted by Crippen LogP contribution is -2.21. The summed E-state index contributed by atoms with van der Waals surface area (Å²) in [7, 11) is 0. The molecular weight excluding hydrogens is 312 g/mol. The Hall–Kier alpha value is -3.15. The molecule has 0 atom stereocenters. The molecule has 0 saturated carbocycles. The first kappa shape index (κ1) is 14.4. The third kappa shape index (κ3) is 2.42. The van der Waals surface area contributed by atoms with Gasteiger partial charge in [0.2, 0.25) is 0 Å². The van der Waals surface area contributed by atoms with Crippen LogP contribution in [0.2, 0.25) is 0 Å². The molecule has 0 spiro atoms. The van der Waals surface area contributed by atoms with Gasteiger partial charge in [0.25, 0.3) is 5.56 Å². The highest BCUT2D eigenvalue weighted by Gasteiger charge is 2.10. The smallest absolute Gasteiger partial charge is 0.261 e. The quantitative estimate of drug-likeness (QED) is 0.569. The van der Waals surface area contributed by atoms with E-state index < -0.39 is 11.6 Å². The molecule has 4 nitrogen and oxygen atoms in total. The fourth-order valence-corrected chi connectivity index (χ4v) is 2.78. The molecule has 0 saturated heterocycles. The van der Waals surface area contributed by atoms with Crippen LogP contribution in [0.4, 0.5) is 8.78 Å². The van der Waals surface area contributed by atoms with Crippen molar-refractivity contribution in [3.8, 4) is 0 Å². The summed E-state index contributed by atoms with van der Waals surface area (Å²) in [6, 6.07) is 10.1. The number of aromatic nitrogens is 3. The second-order valence-corrected chi connectivity index (χ2v) is 5.48. The maximum absolute atomic E-state index is 13.8. The second-order valence-electron chi connectivity index (χ2n) is 5.48. The van der Waals surface area contributed by atoms with Crippen molar-refractivity contribution in [3.05, 3.63) is 82.5 Å². The number of hydrogen-bond acceptors (Lipinski definition) is 3. The first-order valence-electron chi connectivity index (χ1n) is 7.30. The van der Waals surface area contributed by atoms with Crippen LogP contribution >= 0.6 is 0 Å². The number of pyridine rings is 1. The number of benzene rings is 2. The van der Waals surface area contributed by atoms with Crippen molar-refractivity contribution in [2.24, 2.45) is 0 Å². The Balaban J connectivity index is 1.87. The predicted molar refractivity (Wildman–Crippen MR) is 86.8 cm³/mol. The average Bonchev–Trinajstić information content (AvgIpc) is 2.57. The van der Waals surface area contributed by atoms with E-state index in [1.807, 2.05) is 0 Å². The Morgan fingerprint density at radius 1 is 1.00 bits per heavy atom. The van der Waals surface area contributed by atoms with E-state index in [0.29, 0.717) is 27.4 Å². The Kier molecular flexibility index (Phi) is 3.30. The summed E-state index contributed by atoms with van der Waals surface area (Å²) < 4.78 is 28.4. The summed E-state index contributed by atoms with van der Waals surface area (Å²) in [5, 5.41) is 0.976. The van der Waals surface area contributed by atoms with E-state index in [1.165, 1.54) is 41.2 Å². The van der Waals surface area contributed by atoms with E-state index in [0.717, 1.165) is 0 Å². The molecule has 0 aliphatic carbocycles. The van der Waals surface area contributed by atoms with Crippen molar-refractivity contribution >= 4 is 21.8 Å². The number of halogens is 2. The van der Waals surface area contributed by atoms with Gasteiger partial charge >= 0.3 is 0 Å². The largest absolute Gasteiger partial charge is 0.294 e. The number of hydrogen-bond donors (Lipinski definition) is 0. The van der Waals surface area contributed by atoms with Crippen LogP contribution in [0.5, 0.6) is 0 Å². The van der Waals surface area contributed by atoms with Crippen molar-refractivity contribution < 1.29 is 8.78 Å². The number of nitrogens with zero attached hydrogens (tertiary/aromatic N) is 3. The van der Waals surface area contributed by atoms with Crippen molar-refractivity contribution in [2.75, 3.05) is 0 Å². The number of rotatable bonds is 2. The first-order chi connectivity index (χ1) is 11.6. The summed E-state index contributed by atoms with van der Waals surface area (Å²) in [5.41, 5.74) is 1.19. The first-order valence-corrected chi connectivity index (χ1v) is 7.30. The van der Waals surface area contributed by atoms with Gasteiger partial charge in [-0.25, -0.2) is 13.8 Å². The normalized spacial score (nSPS) is 11.2. The molecule has 2 heterocycles. The monoisotopic (exact) mass is 323 g/mol. The van der Waals surface area contributed by atoms with Gasteiger partial charge in [0.05, 0.1) is 29.3 Å². The third-order valence-corrected chi connectivity index (χ3v) is 3.88. The minimum atomic E-state index is -0.451. The highest BCUT2D eigenvalue weighted by molar-refractivity contribution is 5.82. The summed E-state index contributed by atoms with van der Waals surface area (Å²) in [4.78, 5) is 20.9. The van der Waals surface area contributed by atoms with Crippen LogP contribution < -0.4 is 5.56 Å². The molecule has 2 aromatic carbocycles. The summed E-state index contributed by atoms with van der Waals surface area (Å²) in [6.07, 6.45) is 2.96. The molecule has 0 radical (unpaired) electrons. The molecule has 0 aliphatic rings. The molecular formula is C18H11F2N3O. The van der Waals surface area contributed by atoms with Gasteiger partial charge in [-0.05, 0) is 30.3 Å². The zero-order valence-electron chi connectivity index (χ0n) is 12.4. The van der Waals surface area contributed by atoms with E-state index in [4.69, 9.17) is 0 Å². The maximum Gasteiger partial charge on any atom is 0.261 e. The molecule has 2 aromatic heterocycles. The highest BCUT2D eigenvalue weighted by Crippen LogP contribution is 2.19. The molecule has 4 rings (SSSR count). The van der Waals surface area contributed by atoms with Gasteiger partial charge in [-0.2, -0.15) is 0 Å². The lowest BCUT2D eigenvalue weighted by atomic mass is 10.1. The highest BCUT2D eigenvalue weighted by atomic mass is 19.1. The van der Waals surface area contributed by atoms with Crippen LogP contribution in [-0.2, 0) is 6.54 Å². The summed E-state index contributed by atoms with van der Waals surface area (Å²) in [6.45, 7) is 0.129. The Morgan fingerprint density at radius 2 is 1.88 bits per heavy atom. The SMILES string of the molecule is O=c1c2ccc(F)cc2ncn1Cc1cc(F)cc2cccnc12. The minimum absolute atomic E-state index is 0.129. The van der Waals surface area contributed by atoms with Crippen molar-refractivity contribution in [1.29, 1.82) is 0 Å². The summed E-state index contributed by atoms with van der Waals surface area (Å²) >= 11 is 0. The third-order valence-electron chi connectivity index (χ3n) is 3.88. The lowest BCUT2D eigenvalue weighted by Gasteiger charge is -2.09. The van der Waals surface area contributed by atoms with Crippen molar-refractivity contribution in [1.82, 2.24) is 14.5 Å². The zero-order chi connectivity index (χ0) is 16.7. The molecule has 0 bridgehead atoms. The average molecular weight is 323 g/mol. The van der Waals surface area contributed by atoms with Gasteiger partial charge in [0.1, 0.15) is 11.6 Å². The van der Waals surface area contributed by atoms with Gasteiger partial charge < -0.3 is 0 Å². The van der Waals surface area contributed by atoms with E-state index >= 15 is 0 Å². The molecule has 4 aromatic rings. The topological polar surface area (TPSA) is 47.8 Å². The molecule has 0 aliphatic heterocycles. The van der Waals surface area contributed by atoms with Gasteiger partial charge in [-0.3, -0.25) is 14.3 Å². The molecule has 24 heavy (non-hydrogen) atoms. The van der Waals surface area contributed by atoms with Crippen LogP contribution in [0, 0.1) is 11.6 Å². The standard InChI is InChI=1S/C18H11F2N3O/c19-13-3-4-15-16(8-13)22-10-23(18(15)24)9-12-7-14(20)6-11-2-1-5-21-17(11)12/h1-8,10H,9H2. The van der Waals surface area contributed by atoms with Crippen LogP contribution in [0.15, 0.2) is 59.8 Å². The van der Waals surface area contributed by atoms with E-state index in [9.17, 15) is 13.6 Å². The van der Waals surface area contributed by atoms with Crippen LogP contribution in [0.25, 0.3) is 21.8 Å². The van der Waals surface area contributed by atoms with E-state index in [-0.39, 0.29) is 12.1 Å². The van der Waals surface area contributed by atoms with Gasteiger partial charge in [0, 0.05) is 23.2 Å². The second kappa shape index (κ2) is 5.49. The zero-order valence-corrected chi connectivity index (χ0v) is 12.4. The Labute approximate surface area is 135 Å². The lowest BCUT2D eigenvalue weighted by molar-refractivity contribution is 0.624. The molecule has 118 valence electrons. The van der Waals surface area contributed by atoms with Gasteiger partial charge in [0.15, 0.2) is 0 Å². The molecule has 0 fully saturated rings. The molecule has 6 heteroatoms. The van der Waals surface area contributed by atoms with Crippen LogP contribution in [0.1, 0.15) is 5.56 Å². The Bertz CT molecular complexity index is 1140. The van der Waals surface area contributed by atoms with Crippen LogP contribution in [-0.4, -0.2) is 14.5 Å². The van der Waals surface area contributed by atoms with Crippen LogP contribution in [0.3, 0.4) is 0 Å². The molecule has 0 N–H and O–H groups in total. The van der Waals surface area contributed by atoms with E-state index in [1.54, 1.807) is 18.3 Å². The van der Waals surface area contributed by atoms with Crippen molar-refractivity contribution in [3.63, 3.8) is 0 Å². The van der Waals surface area contributed by atoms with Gasteiger partial charge in [-0.15, -0.1) is 0 Å². The fraction of sp³-hybridized carbons (Fsp3) is 0.0556. The molecule has 0 amide bonds.